The summed E-state index contributed by atoms with van der Waals surface area (Å²) < 4.78 is 24.2. The van der Waals surface area contributed by atoms with Crippen LogP contribution in [0.4, 0.5) is 14.5 Å². The second-order valence-corrected chi connectivity index (χ2v) is 2.60. The van der Waals surface area contributed by atoms with Gasteiger partial charge in [0.1, 0.15) is 6.10 Å². The van der Waals surface area contributed by atoms with Gasteiger partial charge in [0, 0.05) is 6.07 Å². The molecule has 4 nitrogen and oxygen atoms in total. The first-order chi connectivity index (χ1) is 6.54. The Labute approximate surface area is 77.9 Å². The molecule has 6 heteroatoms. The van der Waals surface area contributed by atoms with E-state index in [0.29, 0.717) is 0 Å². The van der Waals surface area contributed by atoms with Crippen molar-refractivity contribution >= 4 is 5.69 Å². The molecule has 0 radical (unpaired) electrons. The van der Waals surface area contributed by atoms with Gasteiger partial charge in [-0.05, 0) is 6.07 Å². The predicted molar refractivity (Wildman–Crippen MR) is 44.1 cm³/mol. The van der Waals surface area contributed by atoms with E-state index in [1.54, 1.807) is 0 Å². The molecule has 1 atom stereocenters. The van der Waals surface area contributed by atoms with Crippen molar-refractivity contribution in [3.63, 3.8) is 0 Å². The van der Waals surface area contributed by atoms with Gasteiger partial charge in [0.25, 0.3) is 12.1 Å². The number of aliphatic hydroxyl groups is 1. The number of hydrogen-bond donors (Lipinski definition) is 1. The monoisotopic (exact) mass is 203 g/mol. The summed E-state index contributed by atoms with van der Waals surface area (Å²) in [4.78, 5) is 9.59. The summed E-state index contributed by atoms with van der Waals surface area (Å²) in [5, 5.41) is 19.4. The normalized spacial score (nSPS) is 12.9. The van der Waals surface area contributed by atoms with Gasteiger partial charge in [0.15, 0.2) is 0 Å². The van der Waals surface area contributed by atoms with E-state index in [1.807, 2.05) is 0 Å². The zero-order valence-electron chi connectivity index (χ0n) is 6.93. The predicted octanol–water partition coefficient (Wildman–Crippen LogP) is 1.89. The highest BCUT2D eigenvalue weighted by atomic mass is 19.3. The van der Waals surface area contributed by atoms with E-state index in [9.17, 15) is 18.9 Å². The van der Waals surface area contributed by atoms with Gasteiger partial charge in [-0.15, -0.1) is 0 Å². The highest BCUT2D eigenvalue weighted by Gasteiger charge is 2.26. The van der Waals surface area contributed by atoms with E-state index in [2.05, 4.69) is 0 Å². The zero-order valence-corrected chi connectivity index (χ0v) is 6.93. The van der Waals surface area contributed by atoms with Crippen LogP contribution < -0.4 is 0 Å². The number of alkyl halides is 2. The molecule has 0 fully saturated rings. The fourth-order valence-corrected chi connectivity index (χ4v) is 1.04. The van der Waals surface area contributed by atoms with Gasteiger partial charge in [-0.25, -0.2) is 8.78 Å². The second kappa shape index (κ2) is 4.10. The van der Waals surface area contributed by atoms with Crippen LogP contribution in [0, 0.1) is 10.1 Å². The molecule has 0 aromatic heterocycles. The molecule has 1 N–H and O–H groups in total. The minimum Gasteiger partial charge on any atom is -0.382 e. The lowest BCUT2D eigenvalue weighted by atomic mass is 10.1. The Morgan fingerprint density at radius 2 is 1.93 bits per heavy atom. The van der Waals surface area contributed by atoms with Crippen LogP contribution in [0.15, 0.2) is 24.3 Å². The summed E-state index contributed by atoms with van der Waals surface area (Å²) in [5.41, 5.74) is -0.868. The van der Waals surface area contributed by atoms with E-state index in [1.165, 1.54) is 12.1 Å². The number of halogens is 2. The van der Waals surface area contributed by atoms with Crippen molar-refractivity contribution in [1.29, 1.82) is 0 Å². The van der Waals surface area contributed by atoms with Crippen LogP contribution in [0.1, 0.15) is 11.7 Å². The molecule has 0 aliphatic carbocycles. The summed E-state index contributed by atoms with van der Waals surface area (Å²) in [6.07, 6.45) is -5.15. The molecule has 76 valence electrons. The lowest BCUT2D eigenvalue weighted by Crippen LogP contribution is -2.10. The number of aliphatic hydroxyl groups excluding tert-OH is 1. The van der Waals surface area contributed by atoms with Gasteiger partial charge in [-0.1, -0.05) is 12.1 Å². The molecule has 0 saturated heterocycles. The lowest BCUT2D eigenvalue weighted by Gasteiger charge is -2.09. The summed E-state index contributed by atoms with van der Waals surface area (Å²) in [7, 11) is 0. The second-order valence-electron chi connectivity index (χ2n) is 2.60. The number of nitro groups is 1. The van der Waals surface area contributed by atoms with Crippen molar-refractivity contribution in [1.82, 2.24) is 0 Å². The SMILES string of the molecule is O=[N+]([O-])c1ccccc1C(O)C(F)F. The number of benzene rings is 1. The Balaban J connectivity index is 3.13. The fourth-order valence-electron chi connectivity index (χ4n) is 1.04. The molecule has 0 heterocycles. The molecule has 0 bridgehead atoms. The molecule has 1 unspecified atom stereocenters. The Morgan fingerprint density at radius 3 is 2.43 bits per heavy atom. The maximum Gasteiger partial charge on any atom is 0.275 e. The number of para-hydroxylation sites is 1. The van der Waals surface area contributed by atoms with Gasteiger partial charge >= 0.3 is 0 Å². The van der Waals surface area contributed by atoms with E-state index in [0.717, 1.165) is 12.1 Å². The van der Waals surface area contributed by atoms with E-state index < -0.39 is 23.1 Å². The Hall–Kier alpha value is -1.56. The third-order valence-corrected chi connectivity index (χ3v) is 1.69. The standard InChI is InChI=1S/C8H7F2NO3/c9-8(10)7(12)5-3-1-2-4-6(5)11(13)14/h1-4,7-8,12H. The highest BCUT2D eigenvalue weighted by molar-refractivity contribution is 5.41. The molecule has 1 aromatic carbocycles. The topological polar surface area (TPSA) is 63.4 Å². The average molecular weight is 203 g/mol. The number of nitro benzene ring substituents is 1. The summed E-state index contributed by atoms with van der Waals surface area (Å²) in [5.74, 6) is 0. The molecule has 14 heavy (non-hydrogen) atoms. The van der Waals surface area contributed by atoms with Crippen LogP contribution >= 0.6 is 0 Å². The summed E-state index contributed by atoms with van der Waals surface area (Å²) >= 11 is 0. The van der Waals surface area contributed by atoms with Crippen LogP contribution in [0.25, 0.3) is 0 Å². The van der Waals surface area contributed by atoms with Crippen molar-refractivity contribution in [2.45, 2.75) is 12.5 Å². The first-order valence-corrected chi connectivity index (χ1v) is 3.73. The zero-order chi connectivity index (χ0) is 10.7. The molecular weight excluding hydrogens is 196 g/mol. The Kier molecular flexibility index (Phi) is 3.08. The summed E-state index contributed by atoms with van der Waals surface area (Å²) in [6, 6.07) is 4.88. The van der Waals surface area contributed by atoms with Crippen molar-refractivity contribution in [2.75, 3.05) is 0 Å². The number of rotatable bonds is 3. The fraction of sp³-hybridized carbons (Fsp3) is 0.250. The van der Waals surface area contributed by atoms with Gasteiger partial charge in [0.05, 0.1) is 10.5 Å². The van der Waals surface area contributed by atoms with Gasteiger partial charge in [-0.2, -0.15) is 0 Å². The van der Waals surface area contributed by atoms with E-state index in [-0.39, 0.29) is 5.56 Å². The van der Waals surface area contributed by atoms with Crippen LogP contribution in [0.3, 0.4) is 0 Å². The smallest absolute Gasteiger partial charge is 0.275 e. The molecule has 0 aliphatic heterocycles. The molecule has 0 aliphatic rings. The molecular formula is C8H7F2NO3. The van der Waals surface area contributed by atoms with Crippen LogP contribution in [-0.2, 0) is 0 Å². The maximum absolute atomic E-state index is 12.1. The van der Waals surface area contributed by atoms with Gasteiger partial charge < -0.3 is 5.11 Å². The minimum absolute atomic E-state index is 0.368. The Bertz CT molecular complexity index is 343. The third kappa shape index (κ3) is 2.02. The van der Waals surface area contributed by atoms with Crippen molar-refractivity contribution in [2.24, 2.45) is 0 Å². The van der Waals surface area contributed by atoms with Gasteiger partial charge in [-0.3, -0.25) is 10.1 Å². The van der Waals surface area contributed by atoms with E-state index in [4.69, 9.17) is 5.11 Å². The first-order valence-electron chi connectivity index (χ1n) is 3.73. The molecule has 0 saturated carbocycles. The molecule has 0 spiro atoms. The molecule has 0 amide bonds. The first kappa shape index (κ1) is 10.5. The van der Waals surface area contributed by atoms with Gasteiger partial charge in [0.2, 0.25) is 0 Å². The molecule has 1 aromatic rings. The lowest BCUT2D eigenvalue weighted by molar-refractivity contribution is -0.386. The average Bonchev–Trinajstić information content (AvgIpc) is 2.16. The molecule has 1 rings (SSSR count). The van der Waals surface area contributed by atoms with Crippen LogP contribution in [-0.4, -0.2) is 16.5 Å². The highest BCUT2D eigenvalue weighted by Crippen LogP contribution is 2.28. The maximum atomic E-state index is 12.1. The third-order valence-electron chi connectivity index (χ3n) is 1.69. The quantitative estimate of drug-likeness (QED) is 0.602. The minimum atomic E-state index is -3.03. The number of nitrogens with zero attached hydrogens (tertiary/aromatic N) is 1. The van der Waals surface area contributed by atoms with Crippen molar-refractivity contribution in [3.05, 3.63) is 39.9 Å². The van der Waals surface area contributed by atoms with Crippen LogP contribution in [0.2, 0.25) is 0 Å². The Morgan fingerprint density at radius 1 is 1.36 bits per heavy atom. The number of hydrogen-bond acceptors (Lipinski definition) is 3. The largest absolute Gasteiger partial charge is 0.382 e. The van der Waals surface area contributed by atoms with E-state index >= 15 is 0 Å². The van der Waals surface area contributed by atoms with Crippen molar-refractivity contribution in [3.8, 4) is 0 Å². The summed E-state index contributed by atoms with van der Waals surface area (Å²) in [6.45, 7) is 0. The van der Waals surface area contributed by atoms with Crippen molar-refractivity contribution < 1.29 is 18.8 Å². The van der Waals surface area contributed by atoms with Crippen LogP contribution in [0.5, 0.6) is 0 Å².